The summed E-state index contributed by atoms with van der Waals surface area (Å²) in [6.07, 6.45) is 16.8. The molecule has 1 aliphatic heterocycles. The Labute approximate surface area is 262 Å². The SMILES string of the molecule is C/C=C(\C=C\C1=CCC(n2c3ccccc3c3ccccc32)C=N1)C1C=C(C#N)C(n2c3ccccc3c3ccccc32)=CC1. The second kappa shape index (κ2) is 11.1. The van der Waals surface area contributed by atoms with Crippen molar-refractivity contribution in [3.8, 4) is 6.07 Å². The van der Waals surface area contributed by atoms with E-state index in [1.807, 2.05) is 0 Å². The average Bonchev–Trinajstić information content (AvgIpc) is 3.62. The molecule has 2 aromatic heterocycles. The van der Waals surface area contributed by atoms with E-state index in [9.17, 15) is 5.26 Å². The molecule has 2 unspecified atom stereocenters. The van der Waals surface area contributed by atoms with Crippen LogP contribution in [0.3, 0.4) is 0 Å². The number of aromatic nitrogens is 2. The van der Waals surface area contributed by atoms with Crippen LogP contribution >= 0.6 is 0 Å². The molecular formula is C41H32N4. The molecule has 0 radical (unpaired) electrons. The molecule has 0 fully saturated rings. The standard InChI is InChI=1S/C41H32N4/c1-2-28(19-21-31-22-23-32(27-43-31)44-38-15-7-3-11-33(38)34-12-4-8-16-39(34)44)29-20-24-37(30(25-29)26-42)45-40-17-9-5-13-35(40)36-14-6-10-18-41(36)45/h2-19,21-22,24-25,27,29,32H,20,23H2,1H3/b21-19+,28-2+. The number of hydrogen-bond donors (Lipinski definition) is 0. The largest absolute Gasteiger partial charge is 0.332 e. The lowest BCUT2D eigenvalue weighted by atomic mass is 9.87. The van der Waals surface area contributed by atoms with E-state index in [0.717, 1.165) is 35.3 Å². The van der Waals surface area contributed by atoms with Crippen LogP contribution in [-0.2, 0) is 0 Å². The van der Waals surface area contributed by atoms with Crippen molar-refractivity contribution in [3.63, 3.8) is 0 Å². The zero-order chi connectivity index (χ0) is 30.3. The van der Waals surface area contributed by atoms with Gasteiger partial charge in [0.05, 0.1) is 34.0 Å². The summed E-state index contributed by atoms with van der Waals surface area (Å²) in [5.41, 5.74) is 8.53. The zero-order valence-corrected chi connectivity index (χ0v) is 25.1. The fraction of sp³-hybridized carbons (Fsp3) is 0.122. The summed E-state index contributed by atoms with van der Waals surface area (Å²) in [6, 6.07) is 36.8. The Hall–Kier alpha value is -5.66. The van der Waals surface area contributed by atoms with Crippen LogP contribution in [0.25, 0.3) is 49.3 Å². The molecule has 4 aromatic carbocycles. The fourth-order valence-electron chi connectivity index (χ4n) is 7.16. The Morgan fingerprint density at radius 2 is 1.31 bits per heavy atom. The normalized spacial score (nSPS) is 18.9. The van der Waals surface area contributed by atoms with Crippen molar-refractivity contribution < 1.29 is 0 Å². The summed E-state index contributed by atoms with van der Waals surface area (Å²) in [4.78, 5) is 4.88. The second-order valence-corrected chi connectivity index (χ2v) is 11.7. The molecule has 0 N–H and O–H groups in total. The van der Waals surface area contributed by atoms with E-state index in [1.165, 1.54) is 38.2 Å². The van der Waals surface area contributed by atoms with Gasteiger partial charge < -0.3 is 9.13 Å². The average molecular weight is 581 g/mol. The third-order valence-corrected chi connectivity index (χ3v) is 9.27. The van der Waals surface area contributed by atoms with Gasteiger partial charge >= 0.3 is 0 Å². The minimum Gasteiger partial charge on any atom is -0.332 e. The van der Waals surface area contributed by atoms with Crippen LogP contribution in [0.5, 0.6) is 0 Å². The zero-order valence-electron chi connectivity index (χ0n) is 25.1. The van der Waals surface area contributed by atoms with E-state index in [2.05, 4.69) is 162 Å². The monoisotopic (exact) mass is 580 g/mol. The summed E-state index contributed by atoms with van der Waals surface area (Å²) in [6.45, 7) is 2.07. The van der Waals surface area contributed by atoms with Crippen molar-refractivity contribution in [2.45, 2.75) is 25.8 Å². The number of nitriles is 1. The predicted octanol–water partition coefficient (Wildman–Crippen LogP) is 10.3. The molecule has 4 nitrogen and oxygen atoms in total. The minimum atomic E-state index is 0.122. The maximum atomic E-state index is 10.3. The molecule has 0 spiro atoms. The van der Waals surface area contributed by atoms with Gasteiger partial charge in [-0.05, 0) is 55.7 Å². The van der Waals surface area contributed by atoms with E-state index in [-0.39, 0.29) is 12.0 Å². The molecule has 2 atom stereocenters. The van der Waals surface area contributed by atoms with E-state index >= 15 is 0 Å². The van der Waals surface area contributed by atoms with Crippen molar-refractivity contribution in [2.24, 2.45) is 10.9 Å². The van der Waals surface area contributed by atoms with Crippen molar-refractivity contribution in [2.75, 3.05) is 0 Å². The smallest absolute Gasteiger partial charge is 0.101 e. The van der Waals surface area contributed by atoms with Gasteiger partial charge in [0.2, 0.25) is 0 Å². The van der Waals surface area contributed by atoms with E-state index < -0.39 is 0 Å². The Bertz CT molecular complexity index is 2250. The van der Waals surface area contributed by atoms with E-state index in [1.54, 1.807) is 0 Å². The van der Waals surface area contributed by atoms with Gasteiger partial charge in [0.1, 0.15) is 6.07 Å². The topological polar surface area (TPSA) is 46.0 Å². The molecule has 216 valence electrons. The first-order valence-electron chi connectivity index (χ1n) is 15.6. The predicted molar refractivity (Wildman–Crippen MR) is 188 cm³/mol. The van der Waals surface area contributed by atoms with Crippen molar-refractivity contribution in [1.82, 2.24) is 9.13 Å². The third kappa shape index (κ3) is 4.48. The molecule has 0 saturated carbocycles. The van der Waals surface area contributed by atoms with Gasteiger partial charge in [0.15, 0.2) is 0 Å². The molecule has 6 aromatic rings. The lowest BCUT2D eigenvalue weighted by Gasteiger charge is -2.22. The maximum Gasteiger partial charge on any atom is 0.101 e. The molecule has 0 amide bonds. The maximum absolute atomic E-state index is 10.3. The molecule has 3 heterocycles. The quantitative estimate of drug-likeness (QED) is 0.187. The van der Waals surface area contributed by atoms with Crippen molar-refractivity contribution in [1.29, 1.82) is 5.26 Å². The van der Waals surface area contributed by atoms with Gasteiger partial charge in [-0.25, -0.2) is 0 Å². The highest BCUT2D eigenvalue weighted by molar-refractivity contribution is 6.11. The highest BCUT2D eigenvalue weighted by atomic mass is 15.0. The van der Waals surface area contributed by atoms with Crippen LogP contribution in [0.2, 0.25) is 0 Å². The summed E-state index contributed by atoms with van der Waals surface area (Å²) < 4.78 is 4.66. The van der Waals surface area contributed by atoms with E-state index in [0.29, 0.717) is 5.57 Å². The highest BCUT2D eigenvalue weighted by Gasteiger charge is 2.22. The van der Waals surface area contributed by atoms with Crippen LogP contribution in [0.15, 0.2) is 155 Å². The first kappa shape index (κ1) is 26.9. The Morgan fingerprint density at radius 3 is 1.84 bits per heavy atom. The number of allylic oxidation sites excluding steroid dienone is 9. The minimum absolute atomic E-state index is 0.122. The van der Waals surface area contributed by atoms with Gasteiger partial charge in [0, 0.05) is 44.7 Å². The fourth-order valence-corrected chi connectivity index (χ4v) is 7.16. The molecular weight excluding hydrogens is 548 g/mol. The van der Waals surface area contributed by atoms with Gasteiger partial charge in [-0.15, -0.1) is 0 Å². The summed E-state index contributed by atoms with van der Waals surface area (Å²) >= 11 is 0. The number of nitrogens with zero attached hydrogens (tertiary/aromatic N) is 4. The van der Waals surface area contributed by atoms with Gasteiger partial charge in [-0.1, -0.05) is 103 Å². The number of fused-ring (bicyclic) bond motifs is 6. The highest BCUT2D eigenvalue weighted by Crippen LogP contribution is 2.38. The number of aliphatic imine (C=N–C) groups is 1. The van der Waals surface area contributed by atoms with Gasteiger partial charge in [0.25, 0.3) is 0 Å². The molecule has 0 bridgehead atoms. The van der Waals surface area contributed by atoms with Crippen LogP contribution in [0.4, 0.5) is 0 Å². The van der Waals surface area contributed by atoms with Gasteiger partial charge in [-0.3, -0.25) is 4.99 Å². The summed E-state index contributed by atoms with van der Waals surface area (Å²) in [5.74, 6) is 0.122. The lowest BCUT2D eigenvalue weighted by Crippen LogP contribution is -2.12. The number of benzene rings is 4. The van der Waals surface area contributed by atoms with Crippen LogP contribution < -0.4 is 0 Å². The van der Waals surface area contributed by atoms with Crippen molar-refractivity contribution in [3.05, 3.63) is 150 Å². The molecule has 0 saturated heterocycles. The number of para-hydroxylation sites is 4. The molecule has 2 aliphatic rings. The molecule has 45 heavy (non-hydrogen) atoms. The second-order valence-electron chi connectivity index (χ2n) is 11.7. The summed E-state index contributed by atoms with van der Waals surface area (Å²) in [5, 5.41) is 15.3. The summed E-state index contributed by atoms with van der Waals surface area (Å²) in [7, 11) is 0. The van der Waals surface area contributed by atoms with Crippen LogP contribution in [0, 0.1) is 17.2 Å². The molecule has 4 heteroatoms. The molecule has 8 rings (SSSR count). The third-order valence-electron chi connectivity index (χ3n) is 9.27. The Kier molecular flexibility index (Phi) is 6.65. The molecule has 1 aliphatic carbocycles. The van der Waals surface area contributed by atoms with Gasteiger partial charge in [-0.2, -0.15) is 5.26 Å². The van der Waals surface area contributed by atoms with E-state index in [4.69, 9.17) is 4.99 Å². The number of rotatable bonds is 5. The first-order valence-corrected chi connectivity index (χ1v) is 15.6. The lowest BCUT2D eigenvalue weighted by molar-refractivity contribution is 0.691. The Balaban J connectivity index is 1.04. The first-order chi connectivity index (χ1) is 22.2. The van der Waals surface area contributed by atoms with Crippen molar-refractivity contribution >= 4 is 55.5 Å². The van der Waals surface area contributed by atoms with Crippen LogP contribution in [-0.4, -0.2) is 15.3 Å². The number of hydrogen-bond acceptors (Lipinski definition) is 2. The Morgan fingerprint density at radius 1 is 0.756 bits per heavy atom. The van der Waals surface area contributed by atoms with Crippen LogP contribution in [0.1, 0.15) is 25.8 Å².